The van der Waals surface area contributed by atoms with Gasteiger partial charge >= 0.3 is 19.8 Å². The molecule has 5 atom stereocenters. The van der Waals surface area contributed by atoms with Crippen LogP contribution in [-0.4, -0.2) is 50.9 Å². The van der Waals surface area contributed by atoms with Gasteiger partial charge in [-0.15, -0.1) is 0 Å². The van der Waals surface area contributed by atoms with Crippen LogP contribution in [0.3, 0.4) is 0 Å². The fourth-order valence-electron chi connectivity index (χ4n) is 4.31. The molecule has 0 fully saturated rings. The Morgan fingerprint density at radius 2 is 1.33 bits per heavy atom. The van der Waals surface area contributed by atoms with Gasteiger partial charge in [-0.3, -0.25) is 4.21 Å². The lowest BCUT2D eigenvalue weighted by Gasteiger charge is -2.26. The van der Waals surface area contributed by atoms with Crippen LogP contribution in [0.15, 0.2) is 0 Å². The maximum absolute atomic E-state index is 13.3. The Morgan fingerprint density at radius 1 is 0.833 bits per heavy atom. The molecule has 0 heterocycles. The van der Waals surface area contributed by atoms with Crippen molar-refractivity contribution in [3.8, 4) is 0 Å². The Labute approximate surface area is 225 Å². The first kappa shape index (κ1) is 35.6. The van der Waals surface area contributed by atoms with E-state index in [1.54, 1.807) is 0 Å². The lowest BCUT2D eigenvalue weighted by atomic mass is 10.1. The molecular formula is C28H56O6PS+. The molecule has 0 amide bonds. The number of rotatable bonds is 27. The molecule has 0 aromatic carbocycles. The first-order chi connectivity index (χ1) is 17.4. The molecule has 0 aliphatic carbocycles. The molecule has 0 saturated heterocycles. The van der Waals surface area contributed by atoms with Gasteiger partial charge in [-0.05, 0) is 26.2 Å². The maximum Gasteiger partial charge on any atom is 0.390 e. The lowest BCUT2D eigenvalue weighted by molar-refractivity contribution is -0.162. The first-order valence-corrected chi connectivity index (χ1v) is 16.9. The average molecular weight is 552 g/mol. The Balaban J connectivity index is 4.81. The van der Waals surface area contributed by atoms with Crippen molar-refractivity contribution >= 4 is 25.2 Å². The van der Waals surface area contributed by atoms with Gasteiger partial charge in [-0.2, -0.15) is 0 Å². The standard InChI is InChI=1S/C28H55O6PS/c1-5-8-10-12-14-15-16-18-20-23-36(32)26(21-19-17-13-11-9-6-2)25(4)33-24-28(35-31,27(29)30)34-22-7-3/h25-26H,5-24H2,1-4H3,(H,29,30)/p+1. The predicted octanol–water partition coefficient (Wildman–Crippen LogP) is 8.02. The number of hydrogen-bond acceptors (Lipinski definition) is 5. The van der Waals surface area contributed by atoms with Crippen LogP contribution in [0.4, 0.5) is 0 Å². The molecule has 36 heavy (non-hydrogen) atoms. The van der Waals surface area contributed by atoms with E-state index in [1.807, 2.05) is 13.8 Å². The summed E-state index contributed by atoms with van der Waals surface area (Å²) in [5, 5.41) is 7.64. The summed E-state index contributed by atoms with van der Waals surface area (Å²) in [5.41, 5.74) is 0. The molecule has 0 aliphatic rings. The zero-order chi connectivity index (χ0) is 27.1. The van der Waals surface area contributed by atoms with Gasteiger partial charge in [-0.25, -0.2) is 4.79 Å². The van der Waals surface area contributed by atoms with Crippen molar-refractivity contribution in [2.24, 2.45) is 0 Å². The van der Waals surface area contributed by atoms with Gasteiger partial charge in [0.15, 0.2) is 0 Å². The van der Waals surface area contributed by atoms with Gasteiger partial charge in [0.2, 0.25) is 0 Å². The van der Waals surface area contributed by atoms with Crippen LogP contribution in [0, 0.1) is 0 Å². The first-order valence-electron chi connectivity index (χ1n) is 14.6. The van der Waals surface area contributed by atoms with Gasteiger partial charge in [0, 0.05) is 16.6 Å². The van der Waals surface area contributed by atoms with Crippen molar-refractivity contribution in [3.05, 3.63) is 0 Å². The third-order valence-corrected chi connectivity index (χ3v) is 9.58. The fourth-order valence-corrected chi connectivity index (χ4v) is 6.43. The number of carboxylic acids is 1. The molecule has 8 heteroatoms. The molecule has 0 radical (unpaired) electrons. The van der Waals surface area contributed by atoms with E-state index in [9.17, 15) is 18.7 Å². The van der Waals surface area contributed by atoms with Gasteiger partial charge in [0.05, 0.1) is 18.0 Å². The van der Waals surface area contributed by atoms with Crippen LogP contribution in [0.5, 0.6) is 0 Å². The second-order valence-corrected chi connectivity index (χ2v) is 12.9. The number of aliphatic carboxylic acids is 1. The summed E-state index contributed by atoms with van der Waals surface area (Å²) >= 11 is 0. The summed E-state index contributed by atoms with van der Waals surface area (Å²) in [4.78, 5) is 11.8. The highest BCUT2D eigenvalue weighted by atomic mass is 32.2. The average Bonchev–Trinajstić information content (AvgIpc) is 2.87. The SMILES string of the molecule is CCCCCCCCCCCS(=O)C(CCCCCCCC)C(C)OCC(OCCC)([PH+]=O)C(=O)O. The summed E-state index contributed by atoms with van der Waals surface area (Å²) in [6.45, 7) is 8.08. The van der Waals surface area contributed by atoms with Gasteiger partial charge < -0.3 is 14.6 Å². The number of carbonyl (C=O) groups is 1. The summed E-state index contributed by atoms with van der Waals surface area (Å²) in [5.74, 6) is -0.621. The van der Waals surface area contributed by atoms with Crippen molar-refractivity contribution in [2.75, 3.05) is 19.0 Å². The van der Waals surface area contributed by atoms with Crippen molar-refractivity contribution in [1.29, 1.82) is 0 Å². The van der Waals surface area contributed by atoms with Crippen LogP contribution in [0.1, 0.15) is 137 Å². The summed E-state index contributed by atoms with van der Waals surface area (Å²) < 4.78 is 36.5. The number of unbranched alkanes of at least 4 members (excludes halogenated alkanes) is 13. The van der Waals surface area contributed by atoms with E-state index >= 15 is 0 Å². The Morgan fingerprint density at radius 3 is 1.81 bits per heavy atom. The van der Waals surface area contributed by atoms with Crippen LogP contribution < -0.4 is 0 Å². The molecule has 0 aromatic heterocycles. The third kappa shape index (κ3) is 16.5. The van der Waals surface area contributed by atoms with Gasteiger partial charge in [0.25, 0.3) is 0 Å². The van der Waals surface area contributed by atoms with Crippen LogP contribution in [-0.2, 0) is 29.6 Å². The molecule has 214 valence electrons. The number of hydrogen-bond donors (Lipinski definition) is 1. The van der Waals surface area contributed by atoms with Gasteiger partial charge in [0.1, 0.15) is 6.61 Å². The summed E-state index contributed by atoms with van der Waals surface area (Å²) in [6.07, 6.45) is 19.0. The van der Waals surface area contributed by atoms with E-state index in [0.717, 1.165) is 32.1 Å². The second kappa shape index (κ2) is 23.7. The topological polar surface area (TPSA) is 89.9 Å². The van der Waals surface area contributed by atoms with Crippen molar-refractivity contribution in [1.82, 2.24) is 0 Å². The van der Waals surface area contributed by atoms with Crippen LogP contribution in [0.25, 0.3) is 0 Å². The highest BCUT2D eigenvalue weighted by Crippen LogP contribution is 2.28. The Kier molecular flexibility index (Phi) is 23.5. The maximum atomic E-state index is 13.3. The molecular weight excluding hydrogens is 495 g/mol. The molecule has 0 aliphatic heterocycles. The number of carboxylic acid groups (broad SMARTS) is 1. The van der Waals surface area contributed by atoms with Gasteiger partial charge in [-0.1, -0.05) is 115 Å². The zero-order valence-corrected chi connectivity index (χ0v) is 25.5. The van der Waals surface area contributed by atoms with Crippen LogP contribution >= 0.6 is 8.46 Å². The lowest BCUT2D eigenvalue weighted by Crippen LogP contribution is -2.44. The van der Waals surface area contributed by atoms with E-state index in [2.05, 4.69) is 13.8 Å². The smallest absolute Gasteiger partial charge is 0.390 e. The zero-order valence-electron chi connectivity index (χ0n) is 23.7. The summed E-state index contributed by atoms with van der Waals surface area (Å²) in [6, 6.07) is 0. The molecule has 0 spiro atoms. The van der Waals surface area contributed by atoms with E-state index in [4.69, 9.17) is 9.47 Å². The highest BCUT2D eigenvalue weighted by molar-refractivity contribution is 7.85. The highest BCUT2D eigenvalue weighted by Gasteiger charge is 2.50. The molecule has 0 aromatic rings. The van der Waals surface area contributed by atoms with E-state index < -0.39 is 30.6 Å². The van der Waals surface area contributed by atoms with Crippen molar-refractivity contribution in [3.63, 3.8) is 0 Å². The molecule has 5 unspecified atom stereocenters. The molecule has 0 bridgehead atoms. The second-order valence-electron chi connectivity index (χ2n) is 10.1. The molecule has 0 rings (SSSR count). The normalized spacial score (nSPS) is 16.0. The van der Waals surface area contributed by atoms with Crippen molar-refractivity contribution in [2.45, 2.75) is 154 Å². The fraction of sp³-hybridized carbons (Fsp3) is 0.964. The Bertz CT molecular complexity index is 576. The Hall–Kier alpha value is -0.360. The minimum absolute atomic E-state index is 0.155. The van der Waals surface area contributed by atoms with Crippen LogP contribution in [0.2, 0.25) is 0 Å². The minimum atomic E-state index is -1.85. The van der Waals surface area contributed by atoms with E-state index in [-0.39, 0.29) is 24.6 Å². The van der Waals surface area contributed by atoms with E-state index in [0.29, 0.717) is 12.2 Å². The monoisotopic (exact) mass is 551 g/mol. The quantitative estimate of drug-likeness (QED) is 0.0821. The number of ether oxygens (including phenoxy) is 2. The molecule has 0 saturated carbocycles. The van der Waals surface area contributed by atoms with Crippen molar-refractivity contribution < 1.29 is 28.1 Å². The largest absolute Gasteiger partial charge is 0.476 e. The molecule has 6 nitrogen and oxygen atoms in total. The van der Waals surface area contributed by atoms with E-state index in [1.165, 1.54) is 70.6 Å². The molecule has 1 N–H and O–H groups in total. The minimum Gasteiger partial charge on any atom is -0.476 e. The summed E-state index contributed by atoms with van der Waals surface area (Å²) in [7, 11) is -2.22. The third-order valence-electron chi connectivity index (χ3n) is 6.76. The predicted molar refractivity (Wildman–Crippen MR) is 153 cm³/mol.